The number of amides is 1. The van der Waals surface area contributed by atoms with Crippen LogP contribution in [0.15, 0.2) is 17.2 Å². The predicted molar refractivity (Wildman–Crippen MR) is 70.1 cm³/mol. The topological polar surface area (TPSA) is 92.4 Å². The van der Waals surface area contributed by atoms with Crippen molar-refractivity contribution in [3.63, 3.8) is 0 Å². The number of likely N-dealkylation sites (tertiary alicyclic amines) is 1. The minimum Gasteiger partial charge on any atom is -0.466 e. The third kappa shape index (κ3) is 3.23. The van der Waals surface area contributed by atoms with Gasteiger partial charge in [0.15, 0.2) is 0 Å². The van der Waals surface area contributed by atoms with Crippen LogP contribution >= 0.6 is 0 Å². The number of hydrogen-bond donors (Lipinski definition) is 1. The average molecular weight is 279 g/mol. The first-order valence-corrected chi connectivity index (χ1v) is 6.62. The second-order valence-corrected chi connectivity index (χ2v) is 4.64. The summed E-state index contributed by atoms with van der Waals surface area (Å²) in [6.07, 6.45) is 3.83. The highest BCUT2D eigenvalue weighted by atomic mass is 16.5. The first-order valence-electron chi connectivity index (χ1n) is 6.62. The van der Waals surface area contributed by atoms with Crippen LogP contribution in [0.1, 0.15) is 30.3 Å². The molecule has 7 heteroatoms. The summed E-state index contributed by atoms with van der Waals surface area (Å²) in [7, 11) is 0. The SMILES string of the molecule is CCOC(=O)[C@@H]1CCCN(C(=O)c2c[nH]c(=O)cn2)C1. The molecule has 1 atom stereocenters. The second-order valence-electron chi connectivity index (χ2n) is 4.64. The van der Waals surface area contributed by atoms with Crippen LogP contribution in [0.5, 0.6) is 0 Å². The lowest BCUT2D eigenvalue weighted by molar-refractivity contribution is -0.149. The summed E-state index contributed by atoms with van der Waals surface area (Å²) >= 11 is 0. The van der Waals surface area contributed by atoms with E-state index in [0.29, 0.717) is 19.7 Å². The third-order valence-corrected chi connectivity index (χ3v) is 3.22. The van der Waals surface area contributed by atoms with E-state index in [1.807, 2.05) is 0 Å². The fourth-order valence-corrected chi connectivity index (χ4v) is 2.24. The number of piperidine rings is 1. The lowest BCUT2D eigenvalue weighted by atomic mass is 9.98. The van der Waals surface area contributed by atoms with Crippen LogP contribution in [0.2, 0.25) is 0 Å². The zero-order chi connectivity index (χ0) is 14.5. The molecule has 1 aromatic heterocycles. The summed E-state index contributed by atoms with van der Waals surface area (Å²) in [6.45, 7) is 3.01. The van der Waals surface area contributed by atoms with Gasteiger partial charge in [0, 0.05) is 19.3 Å². The number of aromatic amines is 1. The van der Waals surface area contributed by atoms with Crippen molar-refractivity contribution in [3.8, 4) is 0 Å². The molecule has 0 bridgehead atoms. The molecule has 0 aliphatic carbocycles. The molecule has 1 saturated heterocycles. The zero-order valence-corrected chi connectivity index (χ0v) is 11.3. The first-order chi connectivity index (χ1) is 9.61. The fourth-order valence-electron chi connectivity index (χ4n) is 2.24. The third-order valence-electron chi connectivity index (χ3n) is 3.22. The van der Waals surface area contributed by atoms with Crippen molar-refractivity contribution in [2.45, 2.75) is 19.8 Å². The number of nitrogens with zero attached hydrogens (tertiary/aromatic N) is 2. The molecule has 108 valence electrons. The molecule has 20 heavy (non-hydrogen) atoms. The molecule has 1 N–H and O–H groups in total. The molecule has 2 heterocycles. The van der Waals surface area contributed by atoms with E-state index in [2.05, 4.69) is 9.97 Å². The lowest BCUT2D eigenvalue weighted by Crippen LogP contribution is -2.43. The molecule has 7 nitrogen and oxygen atoms in total. The number of nitrogens with one attached hydrogen (secondary N) is 1. The van der Waals surface area contributed by atoms with Crippen LogP contribution in [-0.4, -0.2) is 46.4 Å². The summed E-state index contributed by atoms with van der Waals surface area (Å²) in [5, 5.41) is 0. The summed E-state index contributed by atoms with van der Waals surface area (Å²) in [4.78, 5) is 42.7. The molecular weight excluding hydrogens is 262 g/mol. The van der Waals surface area contributed by atoms with E-state index in [1.165, 1.54) is 6.20 Å². The van der Waals surface area contributed by atoms with E-state index in [-0.39, 0.29) is 29.0 Å². The van der Waals surface area contributed by atoms with Gasteiger partial charge >= 0.3 is 5.97 Å². The Balaban J connectivity index is 2.04. The minimum atomic E-state index is -0.357. The van der Waals surface area contributed by atoms with Crippen LogP contribution in [0.25, 0.3) is 0 Å². The normalized spacial score (nSPS) is 18.6. The van der Waals surface area contributed by atoms with Gasteiger partial charge in [-0.25, -0.2) is 4.98 Å². The van der Waals surface area contributed by atoms with Crippen LogP contribution in [-0.2, 0) is 9.53 Å². The van der Waals surface area contributed by atoms with E-state index < -0.39 is 0 Å². The minimum absolute atomic E-state index is 0.175. The molecule has 1 aliphatic heterocycles. The maximum Gasteiger partial charge on any atom is 0.310 e. The van der Waals surface area contributed by atoms with E-state index in [0.717, 1.165) is 19.0 Å². The molecule has 1 amide bonds. The quantitative estimate of drug-likeness (QED) is 0.797. The van der Waals surface area contributed by atoms with Crippen molar-refractivity contribution in [2.24, 2.45) is 5.92 Å². The summed E-state index contributed by atoms with van der Waals surface area (Å²) < 4.78 is 4.99. The lowest BCUT2D eigenvalue weighted by Gasteiger charge is -2.31. The van der Waals surface area contributed by atoms with Crippen molar-refractivity contribution in [3.05, 3.63) is 28.4 Å². The van der Waals surface area contributed by atoms with Gasteiger partial charge in [-0.15, -0.1) is 0 Å². The Labute approximate surface area is 116 Å². The van der Waals surface area contributed by atoms with Gasteiger partial charge in [0.1, 0.15) is 5.69 Å². The highest BCUT2D eigenvalue weighted by Gasteiger charge is 2.30. The molecule has 1 aliphatic rings. The fraction of sp³-hybridized carbons (Fsp3) is 0.538. The van der Waals surface area contributed by atoms with Gasteiger partial charge in [0.2, 0.25) is 0 Å². The summed E-state index contributed by atoms with van der Waals surface area (Å²) in [6, 6.07) is 0. The Bertz CT molecular complexity index is 534. The van der Waals surface area contributed by atoms with E-state index in [4.69, 9.17) is 4.74 Å². The highest BCUT2D eigenvalue weighted by molar-refractivity contribution is 5.92. The van der Waals surface area contributed by atoms with Crippen LogP contribution in [0.4, 0.5) is 0 Å². The summed E-state index contributed by atoms with van der Waals surface area (Å²) in [5.41, 5.74) is -0.182. The molecule has 0 unspecified atom stereocenters. The van der Waals surface area contributed by atoms with E-state index >= 15 is 0 Å². The summed E-state index contributed by atoms with van der Waals surface area (Å²) in [5.74, 6) is -0.829. The Hall–Kier alpha value is -2.18. The van der Waals surface area contributed by atoms with Gasteiger partial charge in [-0.1, -0.05) is 0 Å². The second kappa shape index (κ2) is 6.31. The molecular formula is C13H17N3O4. The van der Waals surface area contributed by atoms with Crippen LogP contribution in [0.3, 0.4) is 0 Å². The van der Waals surface area contributed by atoms with Crippen molar-refractivity contribution in [1.82, 2.24) is 14.9 Å². The van der Waals surface area contributed by atoms with Crippen LogP contribution < -0.4 is 5.56 Å². The van der Waals surface area contributed by atoms with E-state index in [9.17, 15) is 14.4 Å². The first kappa shape index (κ1) is 14.2. The van der Waals surface area contributed by atoms with Crippen LogP contribution in [0, 0.1) is 5.92 Å². The number of esters is 1. The van der Waals surface area contributed by atoms with Crippen molar-refractivity contribution >= 4 is 11.9 Å². The van der Waals surface area contributed by atoms with Gasteiger partial charge in [0.05, 0.1) is 18.7 Å². The molecule has 0 saturated carbocycles. The van der Waals surface area contributed by atoms with E-state index in [1.54, 1.807) is 11.8 Å². The predicted octanol–water partition coefficient (Wildman–Crippen LogP) is 0.185. The largest absolute Gasteiger partial charge is 0.466 e. The Morgan fingerprint density at radius 2 is 2.35 bits per heavy atom. The maximum atomic E-state index is 12.2. The molecule has 0 aromatic carbocycles. The number of H-pyrrole nitrogens is 1. The van der Waals surface area contributed by atoms with Gasteiger partial charge < -0.3 is 14.6 Å². The Kier molecular flexibility index (Phi) is 4.49. The number of carbonyl (C=O) groups excluding carboxylic acids is 2. The van der Waals surface area contributed by atoms with Gasteiger partial charge in [-0.3, -0.25) is 14.4 Å². The zero-order valence-electron chi connectivity index (χ0n) is 11.3. The Morgan fingerprint density at radius 3 is 3.00 bits per heavy atom. The highest BCUT2D eigenvalue weighted by Crippen LogP contribution is 2.19. The molecule has 0 radical (unpaired) electrons. The molecule has 1 aromatic rings. The van der Waals surface area contributed by atoms with Gasteiger partial charge in [0.25, 0.3) is 11.5 Å². The maximum absolute atomic E-state index is 12.2. The smallest absolute Gasteiger partial charge is 0.310 e. The molecule has 0 spiro atoms. The van der Waals surface area contributed by atoms with Crippen molar-refractivity contribution in [2.75, 3.05) is 19.7 Å². The average Bonchev–Trinajstić information content (AvgIpc) is 2.48. The number of carbonyl (C=O) groups is 2. The molecule has 2 rings (SSSR count). The monoisotopic (exact) mass is 279 g/mol. The van der Waals surface area contributed by atoms with Gasteiger partial charge in [-0.05, 0) is 19.8 Å². The van der Waals surface area contributed by atoms with Crippen molar-refractivity contribution < 1.29 is 14.3 Å². The number of rotatable bonds is 3. The number of hydrogen-bond acceptors (Lipinski definition) is 5. The van der Waals surface area contributed by atoms with Crippen molar-refractivity contribution in [1.29, 1.82) is 0 Å². The number of aromatic nitrogens is 2. The molecule has 1 fully saturated rings. The standard InChI is InChI=1S/C13H17N3O4/c1-2-20-13(19)9-4-3-5-16(8-9)12(18)10-6-15-11(17)7-14-10/h6-7,9H,2-5,8H2,1H3,(H,15,17)/t9-/m1/s1. The Morgan fingerprint density at radius 1 is 1.55 bits per heavy atom. The number of ether oxygens (including phenoxy) is 1. The van der Waals surface area contributed by atoms with Gasteiger partial charge in [-0.2, -0.15) is 0 Å².